The summed E-state index contributed by atoms with van der Waals surface area (Å²) in [7, 11) is 0. The summed E-state index contributed by atoms with van der Waals surface area (Å²) < 4.78 is 7.22. The van der Waals surface area contributed by atoms with E-state index in [2.05, 4.69) is 17.3 Å². The van der Waals surface area contributed by atoms with Crippen LogP contribution in [0.15, 0.2) is 18.5 Å². The minimum atomic E-state index is 0.408. The lowest BCUT2D eigenvalue weighted by Crippen LogP contribution is -2.33. The lowest BCUT2D eigenvalue weighted by molar-refractivity contribution is 0.127. The molecule has 1 heterocycles. The third-order valence-electron chi connectivity index (χ3n) is 1.96. The van der Waals surface area contributed by atoms with Crippen molar-refractivity contribution in [3.8, 4) is 0 Å². The fraction of sp³-hybridized carbons (Fsp3) is 0.700. The zero-order valence-electron chi connectivity index (χ0n) is 8.94. The van der Waals surface area contributed by atoms with Gasteiger partial charge >= 0.3 is 0 Å². The van der Waals surface area contributed by atoms with Crippen molar-refractivity contribution in [2.75, 3.05) is 19.8 Å². The molecule has 0 fully saturated rings. The van der Waals surface area contributed by atoms with Crippen molar-refractivity contribution in [2.24, 2.45) is 0 Å². The van der Waals surface area contributed by atoms with Gasteiger partial charge in [-0.1, -0.05) is 0 Å². The summed E-state index contributed by atoms with van der Waals surface area (Å²) >= 11 is 0. The number of hydrogen-bond donors (Lipinski definition) is 1. The van der Waals surface area contributed by atoms with Crippen molar-refractivity contribution in [3.05, 3.63) is 18.5 Å². The van der Waals surface area contributed by atoms with Gasteiger partial charge in [-0.2, -0.15) is 5.10 Å². The fourth-order valence-corrected chi connectivity index (χ4v) is 1.21. The molecule has 0 spiro atoms. The third kappa shape index (κ3) is 4.39. The molecule has 0 amide bonds. The van der Waals surface area contributed by atoms with Crippen LogP contribution in [0.4, 0.5) is 0 Å². The second-order valence-corrected chi connectivity index (χ2v) is 3.28. The molecule has 1 aromatic heterocycles. The van der Waals surface area contributed by atoms with Gasteiger partial charge in [-0.05, 0) is 19.9 Å². The predicted molar refractivity (Wildman–Crippen MR) is 56.2 cm³/mol. The van der Waals surface area contributed by atoms with E-state index in [1.54, 1.807) is 6.20 Å². The first-order chi connectivity index (χ1) is 6.83. The smallest absolute Gasteiger partial charge is 0.0616 e. The molecule has 0 saturated carbocycles. The van der Waals surface area contributed by atoms with E-state index in [1.807, 2.05) is 23.9 Å². The number of rotatable bonds is 7. The first-order valence-electron chi connectivity index (χ1n) is 5.11. The Balaban J connectivity index is 2.03. The SMILES string of the molecule is CCOCC(C)NCCn1cccn1. The van der Waals surface area contributed by atoms with Gasteiger partial charge in [0.05, 0.1) is 13.2 Å². The monoisotopic (exact) mass is 197 g/mol. The third-order valence-corrected chi connectivity index (χ3v) is 1.96. The maximum absolute atomic E-state index is 5.30. The summed E-state index contributed by atoms with van der Waals surface area (Å²) in [5.74, 6) is 0. The Morgan fingerprint density at radius 3 is 3.07 bits per heavy atom. The van der Waals surface area contributed by atoms with Crippen LogP contribution < -0.4 is 5.32 Å². The van der Waals surface area contributed by atoms with E-state index in [9.17, 15) is 0 Å². The van der Waals surface area contributed by atoms with E-state index in [4.69, 9.17) is 4.74 Å². The summed E-state index contributed by atoms with van der Waals surface area (Å²) in [5.41, 5.74) is 0. The zero-order chi connectivity index (χ0) is 10.2. The van der Waals surface area contributed by atoms with E-state index in [-0.39, 0.29) is 0 Å². The van der Waals surface area contributed by atoms with Gasteiger partial charge in [0.2, 0.25) is 0 Å². The Kier molecular flexibility index (Phi) is 5.25. The molecule has 80 valence electrons. The van der Waals surface area contributed by atoms with Crippen LogP contribution in [0.2, 0.25) is 0 Å². The molecule has 0 saturated heterocycles. The molecule has 0 aliphatic rings. The number of aromatic nitrogens is 2. The summed E-state index contributed by atoms with van der Waals surface area (Å²) in [6.07, 6.45) is 3.76. The summed E-state index contributed by atoms with van der Waals surface area (Å²) in [6, 6.07) is 2.34. The Morgan fingerprint density at radius 2 is 2.43 bits per heavy atom. The van der Waals surface area contributed by atoms with Crippen molar-refractivity contribution in [3.63, 3.8) is 0 Å². The van der Waals surface area contributed by atoms with Crippen LogP contribution in [-0.4, -0.2) is 35.6 Å². The summed E-state index contributed by atoms with van der Waals surface area (Å²) in [5, 5.41) is 7.49. The maximum Gasteiger partial charge on any atom is 0.0616 e. The second kappa shape index (κ2) is 6.56. The molecule has 1 atom stereocenters. The molecule has 4 heteroatoms. The van der Waals surface area contributed by atoms with Gasteiger partial charge < -0.3 is 10.1 Å². The minimum absolute atomic E-state index is 0.408. The Bertz CT molecular complexity index is 223. The fourth-order valence-electron chi connectivity index (χ4n) is 1.21. The topological polar surface area (TPSA) is 39.1 Å². The number of nitrogens with one attached hydrogen (secondary N) is 1. The molecule has 0 aromatic carbocycles. The highest BCUT2D eigenvalue weighted by Crippen LogP contribution is 1.86. The van der Waals surface area contributed by atoms with E-state index in [0.717, 1.165) is 26.3 Å². The molecule has 1 unspecified atom stereocenters. The quantitative estimate of drug-likeness (QED) is 0.706. The highest BCUT2D eigenvalue weighted by Gasteiger charge is 1.99. The highest BCUT2D eigenvalue weighted by atomic mass is 16.5. The van der Waals surface area contributed by atoms with Crippen LogP contribution in [0, 0.1) is 0 Å². The highest BCUT2D eigenvalue weighted by molar-refractivity contribution is 4.77. The summed E-state index contributed by atoms with van der Waals surface area (Å²) in [4.78, 5) is 0. The van der Waals surface area contributed by atoms with Gasteiger partial charge in [-0.15, -0.1) is 0 Å². The van der Waals surface area contributed by atoms with Gasteiger partial charge in [0, 0.05) is 31.6 Å². The first kappa shape index (κ1) is 11.2. The van der Waals surface area contributed by atoms with Crippen LogP contribution in [-0.2, 0) is 11.3 Å². The van der Waals surface area contributed by atoms with E-state index in [0.29, 0.717) is 6.04 Å². The maximum atomic E-state index is 5.30. The largest absolute Gasteiger partial charge is 0.380 e. The summed E-state index contributed by atoms with van der Waals surface area (Å²) in [6.45, 7) is 7.52. The molecule has 0 bridgehead atoms. The number of nitrogens with zero attached hydrogens (tertiary/aromatic N) is 2. The first-order valence-corrected chi connectivity index (χ1v) is 5.11. The van der Waals surface area contributed by atoms with E-state index >= 15 is 0 Å². The molecular formula is C10H19N3O. The molecule has 0 aliphatic carbocycles. The Morgan fingerprint density at radius 1 is 1.57 bits per heavy atom. The average Bonchev–Trinajstić information content (AvgIpc) is 2.67. The minimum Gasteiger partial charge on any atom is -0.380 e. The van der Waals surface area contributed by atoms with Crippen LogP contribution in [0.3, 0.4) is 0 Å². The normalized spacial score (nSPS) is 13.0. The van der Waals surface area contributed by atoms with Crippen LogP contribution in [0.5, 0.6) is 0 Å². The molecule has 1 rings (SSSR count). The lowest BCUT2D eigenvalue weighted by atomic mass is 10.3. The number of hydrogen-bond acceptors (Lipinski definition) is 3. The van der Waals surface area contributed by atoms with E-state index < -0.39 is 0 Å². The molecule has 0 radical (unpaired) electrons. The van der Waals surface area contributed by atoms with Crippen LogP contribution in [0.25, 0.3) is 0 Å². The molecule has 1 N–H and O–H groups in total. The van der Waals surface area contributed by atoms with Crippen molar-refractivity contribution in [2.45, 2.75) is 26.4 Å². The van der Waals surface area contributed by atoms with Crippen LogP contribution >= 0.6 is 0 Å². The molecule has 1 aromatic rings. The van der Waals surface area contributed by atoms with Crippen molar-refractivity contribution in [1.82, 2.24) is 15.1 Å². The molecule has 4 nitrogen and oxygen atoms in total. The lowest BCUT2D eigenvalue weighted by Gasteiger charge is -2.13. The van der Waals surface area contributed by atoms with Gasteiger partial charge in [0.25, 0.3) is 0 Å². The van der Waals surface area contributed by atoms with Crippen molar-refractivity contribution in [1.29, 1.82) is 0 Å². The molecule has 0 aliphatic heterocycles. The van der Waals surface area contributed by atoms with Crippen molar-refractivity contribution < 1.29 is 4.74 Å². The molecule has 14 heavy (non-hydrogen) atoms. The predicted octanol–water partition coefficient (Wildman–Crippen LogP) is 0.898. The van der Waals surface area contributed by atoms with Gasteiger partial charge in [0.15, 0.2) is 0 Å². The Hall–Kier alpha value is -0.870. The second-order valence-electron chi connectivity index (χ2n) is 3.28. The standard InChI is InChI=1S/C10H19N3O/c1-3-14-9-10(2)11-6-8-13-7-4-5-12-13/h4-5,7,10-11H,3,6,8-9H2,1-2H3. The average molecular weight is 197 g/mol. The zero-order valence-corrected chi connectivity index (χ0v) is 8.94. The van der Waals surface area contributed by atoms with Gasteiger partial charge in [-0.3, -0.25) is 4.68 Å². The molecular weight excluding hydrogens is 178 g/mol. The van der Waals surface area contributed by atoms with Gasteiger partial charge in [0.1, 0.15) is 0 Å². The van der Waals surface area contributed by atoms with Crippen molar-refractivity contribution >= 4 is 0 Å². The number of ether oxygens (including phenoxy) is 1. The Labute approximate surface area is 85.3 Å². The van der Waals surface area contributed by atoms with Gasteiger partial charge in [-0.25, -0.2) is 0 Å². The van der Waals surface area contributed by atoms with E-state index in [1.165, 1.54) is 0 Å². The van der Waals surface area contributed by atoms with Crippen LogP contribution in [0.1, 0.15) is 13.8 Å².